The predicted octanol–water partition coefficient (Wildman–Crippen LogP) is 5.04. The Morgan fingerprint density at radius 2 is 1.74 bits per heavy atom. The highest BCUT2D eigenvalue weighted by Crippen LogP contribution is 2.37. The number of methoxy groups -OCH3 is 1. The third-order valence-electron chi connectivity index (χ3n) is 4.49. The summed E-state index contributed by atoms with van der Waals surface area (Å²) in [6, 6.07) is 15.7. The Hall–Kier alpha value is -3.54. The molecule has 0 aliphatic carbocycles. The van der Waals surface area contributed by atoms with Crippen LogP contribution in [0.4, 0.5) is 4.39 Å². The van der Waals surface area contributed by atoms with Crippen molar-refractivity contribution < 1.29 is 23.0 Å². The zero-order valence-electron chi connectivity index (χ0n) is 14.4. The molecule has 0 radical (unpaired) electrons. The van der Waals surface area contributed by atoms with Crippen LogP contribution in [0.25, 0.3) is 33.7 Å². The van der Waals surface area contributed by atoms with Crippen LogP contribution in [0.2, 0.25) is 0 Å². The molecule has 0 saturated heterocycles. The maximum absolute atomic E-state index is 13.7. The SMILES string of the molecule is COc1ccc(F)cc1-c1nc2ccc(-c3ccc4c(c3)OCO4)cc2o1. The second-order valence-corrected chi connectivity index (χ2v) is 6.11. The number of fused-ring (bicyclic) bond motifs is 2. The normalized spacial score (nSPS) is 12.5. The predicted molar refractivity (Wildman–Crippen MR) is 97.5 cm³/mol. The molecule has 0 N–H and O–H groups in total. The largest absolute Gasteiger partial charge is 0.496 e. The van der Waals surface area contributed by atoms with Crippen molar-refractivity contribution in [2.24, 2.45) is 0 Å². The van der Waals surface area contributed by atoms with E-state index in [1.165, 1.54) is 19.2 Å². The van der Waals surface area contributed by atoms with E-state index in [1.807, 2.05) is 36.4 Å². The fourth-order valence-corrected chi connectivity index (χ4v) is 3.14. The number of aromatic nitrogens is 1. The van der Waals surface area contributed by atoms with Gasteiger partial charge in [-0.3, -0.25) is 0 Å². The second-order valence-electron chi connectivity index (χ2n) is 6.11. The van der Waals surface area contributed by atoms with Crippen molar-refractivity contribution >= 4 is 11.1 Å². The molecule has 0 fully saturated rings. The molecule has 27 heavy (non-hydrogen) atoms. The van der Waals surface area contributed by atoms with Gasteiger partial charge in [-0.25, -0.2) is 9.37 Å². The van der Waals surface area contributed by atoms with Gasteiger partial charge in [0.25, 0.3) is 0 Å². The van der Waals surface area contributed by atoms with Gasteiger partial charge in [-0.05, 0) is 53.6 Å². The lowest BCUT2D eigenvalue weighted by Gasteiger charge is -2.04. The Bertz CT molecular complexity index is 1170. The first-order valence-corrected chi connectivity index (χ1v) is 8.36. The van der Waals surface area contributed by atoms with Gasteiger partial charge in [-0.15, -0.1) is 0 Å². The number of ether oxygens (including phenoxy) is 3. The number of rotatable bonds is 3. The summed E-state index contributed by atoms with van der Waals surface area (Å²) in [7, 11) is 1.52. The molecule has 134 valence electrons. The standard InChI is InChI=1S/C21H14FNO4/c1-24-17-7-4-14(22)10-15(17)21-23-16-5-2-12(8-19(16)27-21)13-3-6-18-20(9-13)26-11-25-18/h2-10H,11H2,1H3. The molecule has 4 aromatic rings. The van der Waals surface area contributed by atoms with Gasteiger partial charge in [-0.2, -0.15) is 0 Å². The van der Waals surface area contributed by atoms with Gasteiger partial charge in [0, 0.05) is 0 Å². The Morgan fingerprint density at radius 1 is 0.926 bits per heavy atom. The topological polar surface area (TPSA) is 53.7 Å². The van der Waals surface area contributed by atoms with E-state index in [2.05, 4.69) is 4.98 Å². The number of hydrogen-bond donors (Lipinski definition) is 0. The molecule has 0 saturated carbocycles. The van der Waals surface area contributed by atoms with Crippen LogP contribution in [-0.2, 0) is 0 Å². The highest BCUT2D eigenvalue weighted by Gasteiger charge is 2.17. The van der Waals surface area contributed by atoms with Crippen molar-refractivity contribution in [1.29, 1.82) is 0 Å². The fourth-order valence-electron chi connectivity index (χ4n) is 3.14. The van der Waals surface area contributed by atoms with Gasteiger partial charge in [0.1, 0.15) is 17.1 Å². The molecule has 6 heteroatoms. The average molecular weight is 363 g/mol. The van der Waals surface area contributed by atoms with Crippen molar-refractivity contribution in [3.8, 4) is 39.8 Å². The first-order chi connectivity index (χ1) is 13.2. The van der Waals surface area contributed by atoms with E-state index >= 15 is 0 Å². The Morgan fingerprint density at radius 3 is 2.63 bits per heavy atom. The van der Waals surface area contributed by atoms with Gasteiger partial charge in [-0.1, -0.05) is 12.1 Å². The minimum Gasteiger partial charge on any atom is -0.496 e. The van der Waals surface area contributed by atoms with Crippen molar-refractivity contribution in [3.05, 3.63) is 60.4 Å². The number of halogens is 1. The molecule has 0 atom stereocenters. The highest BCUT2D eigenvalue weighted by atomic mass is 19.1. The first-order valence-electron chi connectivity index (χ1n) is 8.36. The molecular formula is C21H14FNO4. The third-order valence-corrected chi connectivity index (χ3v) is 4.49. The summed E-state index contributed by atoms with van der Waals surface area (Å²) in [4.78, 5) is 4.47. The van der Waals surface area contributed by atoms with Gasteiger partial charge < -0.3 is 18.6 Å². The van der Waals surface area contributed by atoms with Gasteiger partial charge in [0.2, 0.25) is 12.7 Å². The highest BCUT2D eigenvalue weighted by molar-refractivity contribution is 5.83. The van der Waals surface area contributed by atoms with Crippen LogP contribution >= 0.6 is 0 Å². The van der Waals surface area contributed by atoms with E-state index in [0.29, 0.717) is 28.3 Å². The summed E-state index contributed by atoms with van der Waals surface area (Å²) in [5.41, 5.74) is 3.68. The van der Waals surface area contributed by atoms with Gasteiger partial charge in [0.05, 0.1) is 12.7 Å². The molecular weight excluding hydrogens is 349 g/mol. The van der Waals surface area contributed by atoms with E-state index in [-0.39, 0.29) is 12.6 Å². The molecule has 5 rings (SSSR count). The van der Waals surface area contributed by atoms with E-state index in [4.69, 9.17) is 18.6 Å². The molecule has 2 heterocycles. The number of benzene rings is 3. The van der Waals surface area contributed by atoms with E-state index in [9.17, 15) is 4.39 Å². The fraction of sp³-hybridized carbons (Fsp3) is 0.0952. The molecule has 1 aliphatic rings. The molecule has 0 unspecified atom stereocenters. The lowest BCUT2D eigenvalue weighted by Crippen LogP contribution is -1.92. The minimum absolute atomic E-state index is 0.235. The van der Waals surface area contributed by atoms with Crippen LogP contribution in [0, 0.1) is 5.82 Å². The van der Waals surface area contributed by atoms with E-state index in [1.54, 1.807) is 6.07 Å². The minimum atomic E-state index is -0.380. The first kappa shape index (κ1) is 15.7. The zero-order chi connectivity index (χ0) is 18.4. The van der Waals surface area contributed by atoms with Crippen molar-refractivity contribution in [1.82, 2.24) is 4.98 Å². The van der Waals surface area contributed by atoms with Crippen molar-refractivity contribution in [2.45, 2.75) is 0 Å². The quantitative estimate of drug-likeness (QED) is 0.510. The Kier molecular flexibility index (Phi) is 3.50. The van der Waals surface area contributed by atoms with Crippen LogP contribution in [0.1, 0.15) is 0 Å². The average Bonchev–Trinajstić information content (AvgIpc) is 3.33. The number of nitrogens with zero attached hydrogens (tertiary/aromatic N) is 1. The monoisotopic (exact) mass is 363 g/mol. The van der Waals surface area contributed by atoms with E-state index in [0.717, 1.165) is 22.6 Å². The summed E-state index contributed by atoms with van der Waals surface area (Å²) < 4.78 is 35.6. The van der Waals surface area contributed by atoms with Crippen molar-refractivity contribution in [2.75, 3.05) is 13.9 Å². The second kappa shape index (κ2) is 6.02. The Labute approximate surface area is 153 Å². The lowest BCUT2D eigenvalue weighted by molar-refractivity contribution is 0.174. The van der Waals surface area contributed by atoms with Gasteiger partial charge >= 0.3 is 0 Å². The third kappa shape index (κ3) is 2.66. The molecule has 1 aliphatic heterocycles. The maximum Gasteiger partial charge on any atom is 0.231 e. The number of hydrogen-bond acceptors (Lipinski definition) is 5. The summed E-state index contributed by atoms with van der Waals surface area (Å²) in [5.74, 6) is 1.88. The van der Waals surface area contributed by atoms with Crippen LogP contribution in [0.3, 0.4) is 0 Å². The summed E-state index contributed by atoms with van der Waals surface area (Å²) in [6.07, 6.45) is 0. The van der Waals surface area contributed by atoms with Crippen LogP contribution < -0.4 is 14.2 Å². The van der Waals surface area contributed by atoms with Crippen LogP contribution in [0.15, 0.2) is 59.0 Å². The van der Waals surface area contributed by atoms with Crippen LogP contribution in [0.5, 0.6) is 17.2 Å². The molecule has 0 amide bonds. The van der Waals surface area contributed by atoms with Crippen molar-refractivity contribution in [3.63, 3.8) is 0 Å². The molecule has 5 nitrogen and oxygen atoms in total. The summed E-state index contributed by atoms with van der Waals surface area (Å²) in [5, 5.41) is 0. The van der Waals surface area contributed by atoms with Crippen LogP contribution in [-0.4, -0.2) is 18.9 Å². The number of oxazole rings is 1. The Balaban J connectivity index is 1.59. The molecule has 0 bridgehead atoms. The smallest absolute Gasteiger partial charge is 0.231 e. The lowest BCUT2D eigenvalue weighted by atomic mass is 10.0. The summed E-state index contributed by atoms with van der Waals surface area (Å²) >= 11 is 0. The summed E-state index contributed by atoms with van der Waals surface area (Å²) in [6.45, 7) is 0.235. The maximum atomic E-state index is 13.7. The zero-order valence-corrected chi connectivity index (χ0v) is 14.4. The van der Waals surface area contributed by atoms with Gasteiger partial charge in [0.15, 0.2) is 17.1 Å². The molecule has 1 aromatic heterocycles. The van der Waals surface area contributed by atoms with E-state index < -0.39 is 0 Å². The molecule has 3 aromatic carbocycles. The molecule has 0 spiro atoms.